The molecule has 1 saturated carbocycles. The van der Waals surface area contributed by atoms with Crippen LogP contribution in [0.3, 0.4) is 0 Å². The van der Waals surface area contributed by atoms with Gasteiger partial charge in [-0.25, -0.2) is 4.79 Å². The Bertz CT molecular complexity index is 343. The summed E-state index contributed by atoms with van der Waals surface area (Å²) < 4.78 is 9.97. The van der Waals surface area contributed by atoms with Crippen LogP contribution in [-0.2, 0) is 14.3 Å². The first-order valence-corrected chi connectivity index (χ1v) is 5.52. The van der Waals surface area contributed by atoms with Crippen molar-refractivity contribution in [1.82, 2.24) is 5.32 Å². The highest BCUT2D eigenvalue weighted by Gasteiger charge is 2.44. The third-order valence-electron chi connectivity index (χ3n) is 2.31. The second-order valence-electron chi connectivity index (χ2n) is 5.11. The Kier molecular flexibility index (Phi) is 3.80. The molecule has 5 heteroatoms. The topological polar surface area (TPSA) is 64.6 Å². The van der Waals surface area contributed by atoms with Crippen molar-refractivity contribution in [3.8, 4) is 0 Å². The first-order valence-electron chi connectivity index (χ1n) is 5.52. The zero-order chi connectivity index (χ0) is 13.2. The van der Waals surface area contributed by atoms with Gasteiger partial charge >= 0.3 is 12.1 Å². The summed E-state index contributed by atoms with van der Waals surface area (Å²) in [5, 5.41) is 2.68. The number of carbonyl (C=O) groups excluding carboxylic acids is 2. The maximum atomic E-state index is 11.5. The van der Waals surface area contributed by atoms with E-state index >= 15 is 0 Å². The van der Waals surface area contributed by atoms with Gasteiger partial charge in [0.05, 0.1) is 6.04 Å². The van der Waals surface area contributed by atoms with Gasteiger partial charge in [-0.3, -0.25) is 4.79 Å². The van der Waals surface area contributed by atoms with Crippen molar-refractivity contribution in [3.63, 3.8) is 0 Å². The average Bonchev–Trinajstić information content (AvgIpc) is 2.69. The Balaban J connectivity index is 2.32. The molecule has 0 heterocycles. The van der Waals surface area contributed by atoms with Crippen molar-refractivity contribution < 1.29 is 19.1 Å². The molecule has 0 saturated heterocycles. The number of amides is 1. The van der Waals surface area contributed by atoms with Crippen LogP contribution in [0.4, 0.5) is 4.79 Å². The average molecular weight is 241 g/mol. The lowest BCUT2D eigenvalue weighted by Crippen LogP contribution is -2.34. The maximum absolute atomic E-state index is 11.5. The molecule has 5 nitrogen and oxygen atoms in total. The molecule has 0 radical (unpaired) electrons. The molecule has 1 aliphatic rings. The fraction of sp³-hybridized carbons (Fsp3) is 0.667. The van der Waals surface area contributed by atoms with Crippen LogP contribution in [0.25, 0.3) is 0 Å². The van der Waals surface area contributed by atoms with Gasteiger partial charge in [0, 0.05) is 12.8 Å². The maximum Gasteiger partial charge on any atom is 0.408 e. The van der Waals surface area contributed by atoms with Crippen LogP contribution in [-0.4, -0.2) is 30.3 Å². The predicted molar refractivity (Wildman–Crippen MR) is 62.4 cm³/mol. The molecule has 0 spiro atoms. The molecule has 1 rings (SSSR count). The number of rotatable bonds is 3. The highest BCUT2D eigenvalue weighted by Crippen LogP contribution is 2.36. The van der Waals surface area contributed by atoms with Crippen molar-refractivity contribution in [3.05, 3.63) is 12.2 Å². The largest absolute Gasteiger partial charge is 0.465 e. The monoisotopic (exact) mass is 241 g/mol. The van der Waals surface area contributed by atoms with Gasteiger partial charge in [-0.2, -0.15) is 0 Å². The van der Waals surface area contributed by atoms with E-state index in [0.29, 0.717) is 0 Å². The number of hydrogen-bond acceptors (Lipinski definition) is 4. The van der Waals surface area contributed by atoms with Gasteiger partial charge in [0.25, 0.3) is 0 Å². The number of alkyl carbamates (subject to hydrolysis) is 1. The highest BCUT2D eigenvalue weighted by molar-refractivity contribution is 5.70. The van der Waals surface area contributed by atoms with Crippen LogP contribution >= 0.6 is 0 Å². The second-order valence-corrected chi connectivity index (χ2v) is 5.11. The second kappa shape index (κ2) is 4.77. The van der Waals surface area contributed by atoms with Gasteiger partial charge in [-0.1, -0.05) is 6.58 Å². The van der Waals surface area contributed by atoms with Crippen molar-refractivity contribution in [2.24, 2.45) is 5.92 Å². The third-order valence-corrected chi connectivity index (χ3v) is 2.31. The highest BCUT2D eigenvalue weighted by atomic mass is 16.6. The molecule has 1 amide bonds. The third kappa shape index (κ3) is 4.46. The van der Waals surface area contributed by atoms with Crippen LogP contribution in [0, 0.1) is 5.92 Å². The quantitative estimate of drug-likeness (QED) is 0.602. The summed E-state index contributed by atoms with van der Waals surface area (Å²) in [4.78, 5) is 22.1. The first kappa shape index (κ1) is 13.5. The summed E-state index contributed by atoms with van der Waals surface area (Å²) in [5.41, 5.74) is 0.336. The molecule has 0 aliphatic heterocycles. The fourth-order valence-corrected chi connectivity index (χ4v) is 1.41. The summed E-state index contributed by atoms with van der Waals surface area (Å²) in [6.07, 6.45) is -0.478. The molecule has 17 heavy (non-hydrogen) atoms. The van der Waals surface area contributed by atoms with E-state index in [1.165, 1.54) is 6.92 Å². The zero-order valence-corrected chi connectivity index (χ0v) is 10.7. The van der Waals surface area contributed by atoms with Gasteiger partial charge < -0.3 is 14.8 Å². The van der Waals surface area contributed by atoms with E-state index in [1.54, 1.807) is 20.8 Å². The fourth-order valence-electron chi connectivity index (χ4n) is 1.41. The lowest BCUT2D eigenvalue weighted by Gasteiger charge is -2.19. The van der Waals surface area contributed by atoms with E-state index in [1.807, 2.05) is 0 Å². The molecular weight excluding hydrogens is 222 g/mol. The van der Waals surface area contributed by atoms with E-state index in [2.05, 4.69) is 11.9 Å². The van der Waals surface area contributed by atoms with Gasteiger partial charge in [-0.15, -0.1) is 0 Å². The van der Waals surface area contributed by atoms with Crippen molar-refractivity contribution in [1.29, 1.82) is 0 Å². The normalized spacial score (nSPS) is 22.9. The summed E-state index contributed by atoms with van der Waals surface area (Å²) in [7, 11) is 0. The molecule has 1 aliphatic carbocycles. The Morgan fingerprint density at radius 3 is 2.47 bits per heavy atom. The molecule has 1 N–H and O–H groups in total. The predicted octanol–water partition coefficient (Wildman–Crippen LogP) is 1.63. The number of hydrogen-bond donors (Lipinski definition) is 1. The van der Waals surface area contributed by atoms with Gasteiger partial charge in [0.15, 0.2) is 0 Å². The Morgan fingerprint density at radius 2 is 2.00 bits per heavy atom. The number of carbonyl (C=O) groups is 2. The molecule has 0 aromatic heterocycles. The molecule has 96 valence electrons. The minimum Gasteiger partial charge on any atom is -0.465 e. The number of nitrogens with one attached hydrogen (secondary N) is 1. The summed E-state index contributed by atoms with van der Waals surface area (Å²) in [6, 6.07) is -0.149. The standard InChI is InChI=1S/C12H19NO4/c1-7-9(6-16-8(2)14)10(7)13-11(15)17-12(3,4)5/h9-10H,1,6H2,2-5H3,(H,13,15). The number of ether oxygens (including phenoxy) is 2. The van der Waals surface area contributed by atoms with Gasteiger partial charge in [-0.05, 0) is 26.3 Å². The molecule has 0 aromatic rings. The summed E-state index contributed by atoms with van der Waals surface area (Å²) in [6.45, 7) is 10.8. The van der Waals surface area contributed by atoms with Crippen LogP contribution in [0.1, 0.15) is 27.7 Å². The van der Waals surface area contributed by atoms with Gasteiger partial charge in [0.1, 0.15) is 12.2 Å². The lowest BCUT2D eigenvalue weighted by atomic mass is 10.2. The van der Waals surface area contributed by atoms with E-state index in [0.717, 1.165) is 5.57 Å². The van der Waals surface area contributed by atoms with Crippen molar-refractivity contribution >= 4 is 12.1 Å². The molecule has 0 bridgehead atoms. The van der Waals surface area contributed by atoms with Crippen molar-refractivity contribution in [2.45, 2.75) is 39.3 Å². The SMILES string of the molecule is C=C1C(COC(C)=O)C1NC(=O)OC(C)(C)C. The van der Waals surface area contributed by atoms with E-state index in [9.17, 15) is 9.59 Å². The first-order chi connectivity index (χ1) is 7.70. The minimum absolute atomic E-state index is 0.00594. The Hall–Kier alpha value is -1.52. The van der Waals surface area contributed by atoms with Crippen LogP contribution in [0.5, 0.6) is 0 Å². The van der Waals surface area contributed by atoms with E-state index < -0.39 is 11.7 Å². The van der Waals surface area contributed by atoms with E-state index in [4.69, 9.17) is 9.47 Å². The number of esters is 1. The lowest BCUT2D eigenvalue weighted by molar-refractivity contribution is -0.141. The smallest absolute Gasteiger partial charge is 0.408 e. The molecule has 2 unspecified atom stereocenters. The zero-order valence-electron chi connectivity index (χ0n) is 10.7. The van der Waals surface area contributed by atoms with Crippen LogP contribution in [0.2, 0.25) is 0 Å². The Labute approximate surface area is 101 Å². The molecule has 0 aromatic carbocycles. The Morgan fingerprint density at radius 1 is 1.41 bits per heavy atom. The minimum atomic E-state index is -0.522. The molecule has 2 atom stereocenters. The van der Waals surface area contributed by atoms with Crippen LogP contribution in [0.15, 0.2) is 12.2 Å². The molecular formula is C12H19NO4. The molecule has 1 fully saturated rings. The van der Waals surface area contributed by atoms with Crippen molar-refractivity contribution in [2.75, 3.05) is 6.61 Å². The summed E-state index contributed by atoms with van der Waals surface area (Å²) in [5.74, 6) is -0.327. The van der Waals surface area contributed by atoms with Gasteiger partial charge in [0.2, 0.25) is 0 Å². The summed E-state index contributed by atoms with van der Waals surface area (Å²) >= 11 is 0. The van der Waals surface area contributed by atoms with E-state index in [-0.39, 0.29) is 24.5 Å². The van der Waals surface area contributed by atoms with Crippen LogP contribution < -0.4 is 5.32 Å².